The van der Waals surface area contributed by atoms with Crippen molar-refractivity contribution in [2.75, 3.05) is 39.4 Å². The molecule has 2 saturated heterocycles. The number of pyridine rings is 1. The van der Waals surface area contributed by atoms with E-state index in [0.717, 1.165) is 51.6 Å². The van der Waals surface area contributed by atoms with Gasteiger partial charge in [0.25, 0.3) is 5.91 Å². The minimum absolute atomic E-state index is 0.0374. The van der Waals surface area contributed by atoms with E-state index < -0.39 is 5.54 Å². The predicted octanol–water partition coefficient (Wildman–Crippen LogP) is 2.21. The van der Waals surface area contributed by atoms with E-state index in [4.69, 9.17) is 4.74 Å². The maximum absolute atomic E-state index is 13.0. The quantitative estimate of drug-likeness (QED) is 0.730. The van der Waals surface area contributed by atoms with Crippen molar-refractivity contribution in [3.05, 3.63) is 29.6 Å². The van der Waals surface area contributed by atoms with Gasteiger partial charge in [0.15, 0.2) is 0 Å². The number of morpholine rings is 1. The van der Waals surface area contributed by atoms with Gasteiger partial charge in [0.05, 0.1) is 24.8 Å². The van der Waals surface area contributed by atoms with E-state index >= 15 is 0 Å². The Morgan fingerprint density at radius 3 is 2.50 bits per heavy atom. The highest BCUT2D eigenvalue weighted by Gasteiger charge is 2.34. The summed E-state index contributed by atoms with van der Waals surface area (Å²) in [4.78, 5) is 34.1. The highest BCUT2D eigenvalue weighted by atomic mass is 16.5. The lowest BCUT2D eigenvalue weighted by Crippen LogP contribution is -2.54. The smallest absolute Gasteiger partial charge is 0.255 e. The number of carbonyl (C=O) groups is 2. The van der Waals surface area contributed by atoms with Gasteiger partial charge in [-0.05, 0) is 51.8 Å². The Labute approximate surface area is 190 Å². The van der Waals surface area contributed by atoms with Crippen LogP contribution >= 0.6 is 0 Å². The third kappa shape index (κ3) is 5.48. The van der Waals surface area contributed by atoms with Crippen molar-refractivity contribution in [1.29, 1.82) is 0 Å². The van der Waals surface area contributed by atoms with Crippen LogP contribution < -0.4 is 5.32 Å². The van der Waals surface area contributed by atoms with Gasteiger partial charge in [-0.1, -0.05) is 31.1 Å². The van der Waals surface area contributed by atoms with Crippen molar-refractivity contribution >= 4 is 11.8 Å². The molecule has 0 spiro atoms. The molecule has 172 valence electrons. The number of hydrogen-bond acceptors (Lipinski definition) is 5. The average molecular weight is 439 g/mol. The molecule has 3 aliphatic rings. The summed E-state index contributed by atoms with van der Waals surface area (Å²) in [5.41, 5.74) is 0.743. The van der Waals surface area contributed by atoms with Crippen molar-refractivity contribution in [3.8, 4) is 11.8 Å². The maximum Gasteiger partial charge on any atom is 0.255 e. The normalized spacial score (nSPS) is 22.0. The van der Waals surface area contributed by atoms with E-state index in [1.807, 2.05) is 13.0 Å². The van der Waals surface area contributed by atoms with Crippen LogP contribution in [-0.4, -0.2) is 77.6 Å². The number of nitrogens with one attached hydrogen (secondary N) is 1. The van der Waals surface area contributed by atoms with Crippen molar-refractivity contribution in [1.82, 2.24) is 20.1 Å². The van der Waals surface area contributed by atoms with E-state index in [1.54, 1.807) is 17.3 Å². The molecule has 0 radical (unpaired) electrons. The van der Waals surface area contributed by atoms with Crippen LogP contribution in [0.4, 0.5) is 0 Å². The number of nitrogens with zero attached hydrogens (tertiary/aromatic N) is 3. The van der Waals surface area contributed by atoms with Crippen molar-refractivity contribution in [2.24, 2.45) is 0 Å². The van der Waals surface area contributed by atoms with Gasteiger partial charge in [-0.2, -0.15) is 0 Å². The highest BCUT2D eigenvalue weighted by Crippen LogP contribution is 2.28. The fraction of sp³-hybridized carbons (Fsp3) is 0.640. The molecule has 1 unspecified atom stereocenters. The van der Waals surface area contributed by atoms with E-state index in [1.165, 1.54) is 6.42 Å². The number of aromatic nitrogens is 1. The molecule has 2 amide bonds. The molecule has 3 heterocycles. The molecule has 1 aliphatic carbocycles. The second-order valence-electron chi connectivity index (χ2n) is 9.17. The third-order valence-corrected chi connectivity index (χ3v) is 6.87. The number of amides is 2. The first-order chi connectivity index (χ1) is 15.6. The Morgan fingerprint density at radius 1 is 1.06 bits per heavy atom. The van der Waals surface area contributed by atoms with Gasteiger partial charge in [-0.25, -0.2) is 0 Å². The van der Waals surface area contributed by atoms with Crippen LogP contribution in [0.15, 0.2) is 18.5 Å². The first kappa shape index (κ1) is 22.8. The molecule has 1 atom stereocenters. The second-order valence-corrected chi connectivity index (χ2v) is 9.17. The van der Waals surface area contributed by atoms with E-state index in [0.29, 0.717) is 37.4 Å². The molecule has 3 fully saturated rings. The first-order valence-corrected chi connectivity index (χ1v) is 12.0. The summed E-state index contributed by atoms with van der Waals surface area (Å²) in [7, 11) is 0. The minimum Gasteiger partial charge on any atom is -0.378 e. The van der Waals surface area contributed by atoms with Gasteiger partial charge in [0.2, 0.25) is 5.91 Å². The summed E-state index contributed by atoms with van der Waals surface area (Å²) in [6.07, 6.45) is 10.6. The number of ether oxygens (including phenoxy) is 1. The molecular formula is C25H34N4O3. The van der Waals surface area contributed by atoms with Crippen LogP contribution in [0.1, 0.15) is 67.8 Å². The van der Waals surface area contributed by atoms with Gasteiger partial charge in [0, 0.05) is 31.0 Å². The Hall–Kier alpha value is -2.43. The van der Waals surface area contributed by atoms with Gasteiger partial charge < -0.3 is 15.0 Å². The molecule has 0 bridgehead atoms. The number of likely N-dealkylation sites (tertiary alicyclic amines) is 1. The predicted molar refractivity (Wildman–Crippen MR) is 122 cm³/mol. The average Bonchev–Trinajstić information content (AvgIpc) is 3.38. The lowest BCUT2D eigenvalue weighted by Gasteiger charge is -2.35. The van der Waals surface area contributed by atoms with Crippen LogP contribution in [0, 0.1) is 11.8 Å². The number of carbonyl (C=O) groups excluding carboxylic acids is 2. The van der Waals surface area contributed by atoms with Crippen molar-refractivity contribution in [2.45, 2.75) is 63.5 Å². The van der Waals surface area contributed by atoms with Crippen LogP contribution in [0.25, 0.3) is 0 Å². The number of hydrogen-bond donors (Lipinski definition) is 1. The molecule has 1 aromatic heterocycles. The van der Waals surface area contributed by atoms with E-state index in [9.17, 15) is 9.59 Å². The molecule has 4 rings (SSSR count). The zero-order valence-electron chi connectivity index (χ0n) is 19.1. The molecule has 1 N–H and O–H groups in total. The van der Waals surface area contributed by atoms with Crippen molar-refractivity contribution < 1.29 is 14.3 Å². The highest BCUT2D eigenvalue weighted by molar-refractivity contribution is 5.94. The Morgan fingerprint density at radius 2 is 1.78 bits per heavy atom. The van der Waals surface area contributed by atoms with E-state index in [2.05, 4.69) is 27.0 Å². The molecular weight excluding hydrogens is 404 g/mol. The Bertz CT molecular complexity index is 873. The van der Waals surface area contributed by atoms with E-state index in [-0.39, 0.29) is 17.9 Å². The van der Waals surface area contributed by atoms with Crippen molar-refractivity contribution in [3.63, 3.8) is 0 Å². The summed E-state index contributed by atoms with van der Waals surface area (Å²) in [5.74, 6) is 6.65. The lowest BCUT2D eigenvalue weighted by molar-refractivity contribution is -0.127. The van der Waals surface area contributed by atoms with Crippen LogP contribution in [-0.2, 0) is 9.53 Å². The summed E-state index contributed by atoms with van der Waals surface area (Å²) < 4.78 is 5.34. The number of rotatable bonds is 4. The zero-order valence-corrected chi connectivity index (χ0v) is 19.1. The fourth-order valence-corrected chi connectivity index (χ4v) is 4.84. The van der Waals surface area contributed by atoms with Gasteiger partial charge >= 0.3 is 0 Å². The topological polar surface area (TPSA) is 74.8 Å². The first-order valence-electron chi connectivity index (χ1n) is 12.0. The minimum atomic E-state index is -0.506. The zero-order chi connectivity index (χ0) is 22.4. The van der Waals surface area contributed by atoms with Gasteiger partial charge in [-0.3, -0.25) is 19.5 Å². The molecule has 0 aromatic carbocycles. The molecule has 7 heteroatoms. The summed E-state index contributed by atoms with van der Waals surface area (Å²) in [6.45, 7) is 6.30. The summed E-state index contributed by atoms with van der Waals surface area (Å²) in [5, 5.41) is 3.30. The summed E-state index contributed by atoms with van der Waals surface area (Å²) in [6, 6.07) is 1.68. The van der Waals surface area contributed by atoms with Crippen LogP contribution in [0.3, 0.4) is 0 Å². The third-order valence-electron chi connectivity index (χ3n) is 6.87. The molecule has 1 saturated carbocycles. The lowest BCUT2D eigenvalue weighted by atomic mass is 9.81. The maximum atomic E-state index is 13.0. The largest absolute Gasteiger partial charge is 0.378 e. The van der Waals surface area contributed by atoms with Gasteiger partial charge in [0.1, 0.15) is 5.54 Å². The molecule has 7 nitrogen and oxygen atoms in total. The Balaban J connectivity index is 1.49. The monoisotopic (exact) mass is 438 g/mol. The molecule has 1 aromatic rings. The molecule has 32 heavy (non-hydrogen) atoms. The standard InChI is InChI=1S/C25H34N4O3/c1-20(28-11-5-6-12-28)23(30)27-25(8-3-2-4-9-25)10-7-21-17-22(19-26-18-21)24(31)29-13-15-32-16-14-29/h17-20H,2-6,8-9,11-16H2,1H3,(H,27,30). The molecule has 2 aliphatic heterocycles. The summed E-state index contributed by atoms with van der Waals surface area (Å²) >= 11 is 0. The van der Waals surface area contributed by atoms with Gasteiger partial charge in [-0.15, -0.1) is 0 Å². The van der Waals surface area contributed by atoms with Crippen LogP contribution in [0.5, 0.6) is 0 Å². The Kier molecular flexibility index (Phi) is 7.44. The SMILES string of the molecule is CC(C(=O)NC1(C#Cc2cncc(C(=O)N3CCOCC3)c2)CCCCC1)N1CCCC1. The second kappa shape index (κ2) is 10.5. The van der Waals surface area contributed by atoms with Crippen LogP contribution in [0.2, 0.25) is 0 Å². The fourth-order valence-electron chi connectivity index (χ4n) is 4.84.